The second-order valence-electron chi connectivity index (χ2n) is 6.41. The van der Waals surface area contributed by atoms with Gasteiger partial charge in [-0.15, -0.1) is 10.2 Å². The van der Waals surface area contributed by atoms with Gasteiger partial charge in [0.05, 0.1) is 17.0 Å². The molecule has 0 spiro atoms. The summed E-state index contributed by atoms with van der Waals surface area (Å²) in [6.07, 6.45) is 4.37. The number of carbonyl (C=O) groups is 1. The van der Waals surface area contributed by atoms with E-state index in [4.69, 9.17) is 9.52 Å². The number of rotatable bonds is 5. The highest BCUT2D eigenvalue weighted by Crippen LogP contribution is 2.29. The average molecular weight is 350 g/mol. The minimum Gasteiger partial charge on any atom is -0.478 e. The molecule has 3 aromatic rings. The lowest BCUT2D eigenvalue weighted by Gasteiger charge is -2.15. The monoisotopic (exact) mass is 350 g/mol. The maximum absolute atomic E-state index is 10.9. The number of aromatic carboxylic acids is 1. The summed E-state index contributed by atoms with van der Waals surface area (Å²) in [4.78, 5) is 17.3. The van der Waals surface area contributed by atoms with Gasteiger partial charge in [0.1, 0.15) is 0 Å². The standard InChI is InChI=1S/C19H18N4O3/c24-19(25)14-5-3-13(4-6-14)11-23-9-7-16(12-23)18-22-21-17(26-18)15-2-1-8-20-10-15/h1-6,8,10,16H,7,9,11-12H2,(H,24,25). The topological polar surface area (TPSA) is 92.3 Å². The lowest BCUT2D eigenvalue weighted by molar-refractivity contribution is 0.0697. The van der Waals surface area contributed by atoms with Crippen LogP contribution in [0.3, 0.4) is 0 Å². The Morgan fingerprint density at radius 2 is 2.08 bits per heavy atom. The predicted molar refractivity (Wildman–Crippen MR) is 93.6 cm³/mol. The molecular weight excluding hydrogens is 332 g/mol. The molecule has 3 heterocycles. The second kappa shape index (κ2) is 7.05. The summed E-state index contributed by atoms with van der Waals surface area (Å²) >= 11 is 0. The highest BCUT2D eigenvalue weighted by Gasteiger charge is 2.28. The van der Waals surface area contributed by atoms with Gasteiger partial charge in [-0.3, -0.25) is 9.88 Å². The lowest BCUT2D eigenvalue weighted by atomic mass is 10.1. The van der Waals surface area contributed by atoms with Gasteiger partial charge in [-0.05, 0) is 42.8 Å². The van der Waals surface area contributed by atoms with Crippen LogP contribution in [-0.4, -0.2) is 44.2 Å². The Labute approximate surface area is 150 Å². The predicted octanol–water partition coefficient (Wildman–Crippen LogP) is 2.82. The van der Waals surface area contributed by atoms with E-state index in [-0.39, 0.29) is 5.92 Å². The summed E-state index contributed by atoms with van der Waals surface area (Å²) in [6.45, 7) is 2.56. The Kier molecular flexibility index (Phi) is 4.45. The van der Waals surface area contributed by atoms with Crippen LogP contribution in [0.2, 0.25) is 0 Å². The molecule has 1 fully saturated rings. The largest absolute Gasteiger partial charge is 0.478 e. The first-order valence-electron chi connectivity index (χ1n) is 8.47. The summed E-state index contributed by atoms with van der Waals surface area (Å²) < 4.78 is 5.84. The summed E-state index contributed by atoms with van der Waals surface area (Å²) in [5.74, 6) is 0.466. The molecule has 0 amide bonds. The van der Waals surface area contributed by atoms with Gasteiger partial charge in [0.15, 0.2) is 0 Å². The van der Waals surface area contributed by atoms with Crippen molar-refractivity contribution in [2.24, 2.45) is 0 Å². The van der Waals surface area contributed by atoms with Crippen molar-refractivity contribution in [1.29, 1.82) is 0 Å². The Hall–Kier alpha value is -3.06. The van der Waals surface area contributed by atoms with E-state index >= 15 is 0 Å². The van der Waals surface area contributed by atoms with Gasteiger partial charge < -0.3 is 9.52 Å². The molecule has 1 unspecified atom stereocenters. The molecule has 1 aliphatic rings. The van der Waals surface area contributed by atoms with E-state index in [9.17, 15) is 4.79 Å². The van der Waals surface area contributed by atoms with Crippen molar-refractivity contribution < 1.29 is 14.3 Å². The van der Waals surface area contributed by atoms with Crippen molar-refractivity contribution in [3.8, 4) is 11.5 Å². The minimum absolute atomic E-state index is 0.214. The molecule has 0 aliphatic carbocycles. The molecule has 1 aliphatic heterocycles. The third kappa shape index (κ3) is 3.48. The van der Waals surface area contributed by atoms with Crippen molar-refractivity contribution in [1.82, 2.24) is 20.1 Å². The zero-order chi connectivity index (χ0) is 17.9. The molecule has 2 aromatic heterocycles. The van der Waals surface area contributed by atoms with Gasteiger partial charge in [0.2, 0.25) is 11.8 Å². The molecular formula is C19H18N4O3. The summed E-state index contributed by atoms with van der Waals surface area (Å²) in [7, 11) is 0. The molecule has 7 nitrogen and oxygen atoms in total. The highest BCUT2D eigenvalue weighted by molar-refractivity contribution is 5.87. The van der Waals surface area contributed by atoms with Crippen LogP contribution in [0, 0.1) is 0 Å². The first-order valence-corrected chi connectivity index (χ1v) is 8.47. The number of benzene rings is 1. The van der Waals surface area contributed by atoms with Gasteiger partial charge in [-0.1, -0.05) is 12.1 Å². The molecule has 1 saturated heterocycles. The number of carboxylic acid groups (broad SMARTS) is 1. The quantitative estimate of drug-likeness (QED) is 0.756. The molecule has 0 saturated carbocycles. The van der Waals surface area contributed by atoms with Crippen LogP contribution in [-0.2, 0) is 6.54 Å². The molecule has 7 heteroatoms. The SMILES string of the molecule is O=C(O)c1ccc(CN2CCC(c3nnc(-c4cccnc4)o3)C2)cc1. The first kappa shape index (κ1) is 16.4. The number of likely N-dealkylation sites (tertiary alicyclic amines) is 1. The number of hydrogen-bond acceptors (Lipinski definition) is 6. The Bertz CT molecular complexity index is 893. The van der Waals surface area contributed by atoms with Crippen molar-refractivity contribution in [3.05, 3.63) is 65.8 Å². The van der Waals surface area contributed by atoms with Gasteiger partial charge in [0.25, 0.3) is 0 Å². The molecule has 132 valence electrons. The number of aromatic nitrogens is 3. The van der Waals surface area contributed by atoms with Crippen molar-refractivity contribution >= 4 is 5.97 Å². The number of carboxylic acids is 1. The van der Waals surface area contributed by atoms with E-state index in [1.807, 2.05) is 24.3 Å². The van der Waals surface area contributed by atoms with E-state index in [1.54, 1.807) is 24.5 Å². The molecule has 1 atom stereocenters. The van der Waals surface area contributed by atoms with Crippen LogP contribution >= 0.6 is 0 Å². The fourth-order valence-corrected chi connectivity index (χ4v) is 3.19. The summed E-state index contributed by atoms with van der Waals surface area (Å²) in [6, 6.07) is 10.7. The average Bonchev–Trinajstić information content (AvgIpc) is 3.32. The van der Waals surface area contributed by atoms with Crippen LogP contribution < -0.4 is 0 Å². The maximum atomic E-state index is 10.9. The van der Waals surface area contributed by atoms with Crippen LogP contribution in [0.4, 0.5) is 0 Å². The van der Waals surface area contributed by atoms with Crippen LogP contribution in [0.1, 0.15) is 34.2 Å². The van der Waals surface area contributed by atoms with Crippen molar-refractivity contribution in [3.63, 3.8) is 0 Å². The molecule has 0 radical (unpaired) electrons. The van der Waals surface area contributed by atoms with Crippen LogP contribution in [0.5, 0.6) is 0 Å². The molecule has 1 aromatic carbocycles. The second-order valence-corrected chi connectivity index (χ2v) is 6.41. The zero-order valence-corrected chi connectivity index (χ0v) is 14.1. The summed E-state index contributed by atoms with van der Waals surface area (Å²) in [5.41, 5.74) is 2.22. The van der Waals surface area contributed by atoms with E-state index in [1.165, 1.54) is 0 Å². The molecule has 26 heavy (non-hydrogen) atoms. The summed E-state index contributed by atoms with van der Waals surface area (Å²) in [5, 5.41) is 17.3. The van der Waals surface area contributed by atoms with Crippen LogP contribution in [0.15, 0.2) is 53.2 Å². The minimum atomic E-state index is -0.904. The van der Waals surface area contributed by atoms with E-state index in [0.717, 1.165) is 37.2 Å². The van der Waals surface area contributed by atoms with Gasteiger partial charge in [-0.2, -0.15) is 0 Å². The fourth-order valence-electron chi connectivity index (χ4n) is 3.19. The highest BCUT2D eigenvalue weighted by atomic mass is 16.4. The Morgan fingerprint density at radius 3 is 2.81 bits per heavy atom. The maximum Gasteiger partial charge on any atom is 0.335 e. The van der Waals surface area contributed by atoms with Crippen LogP contribution in [0.25, 0.3) is 11.5 Å². The number of pyridine rings is 1. The molecule has 0 bridgehead atoms. The number of nitrogens with zero attached hydrogens (tertiary/aromatic N) is 4. The Balaban J connectivity index is 1.39. The van der Waals surface area contributed by atoms with Gasteiger partial charge in [0, 0.05) is 25.5 Å². The Morgan fingerprint density at radius 1 is 1.23 bits per heavy atom. The van der Waals surface area contributed by atoms with Crippen molar-refractivity contribution in [2.45, 2.75) is 18.9 Å². The third-order valence-corrected chi connectivity index (χ3v) is 4.58. The molecule has 1 N–H and O–H groups in total. The number of hydrogen-bond donors (Lipinski definition) is 1. The van der Waals surface area contributed by atoms with E-state index in [2.05, 4.69) is 20.1 Å². The molecule has 4 rings (SSSR count). The third-order valence-electron chi connectivity index (χ3n) is 4.58. The first-order chi connectivity index (χ1) is 12.7. The fraction of sp³-hybridized carbons (Fsp3) is 0.263. The lowest BCUT2D eigenvalue weighted by Crippen LogP contribution is -2.19. The normalized spacial score (nSPS) is 17.5. The smallest absolute Gasteiger partial charge is 0.335 e. The van der Waals surface area contributed by atoms with Gasteiger partial charge in [-0.25, -0.2) is 4.79 Å². The van der Waals surface area contributed by atoms with Gasteiger partial charge >= 0.3 is 5.97 Å². The zero-order valence-electron chi connectivity index (χ0n) is 14.1. The van der Waals surface area contributed by atoms with E-state index in [0.29, 0.717) is 17.3 Å². The van der Waals surface area contributed by atoms with E-state index < -0.39 is 5.97 Å². The van der Waals surface area contributed by atoms with Crippen molar-refractivity contribution in [2.75, 3.05) is 13.1 Å².